The first-order valence-electron chi connectivity index (χ1n) is 9.80. The summed E-state index contributed by atoms with van der Waals surface area (Å²) in [6.07, 6.45) is 1.13. The van der Waals surface area contributed by atoms with Crippen molar-refractivity contribution in [3.63, 3.8) is 0 Å². The van der Waals surface area contributed by atoms with Crippen LogP contribution in [0.5, 0.6) is 5.75 Å². The highest BCUT2D eigenvalue weighted by molar-refractivity contribution is 7.88. The van der Waals surface area contributed by atoms with Gasteiger partial charge < -0.3 is 14.0 Å². The van der Waals surface area contributed by atoms with Crippen LogP contribution in [-0.2, 0) is 39.9 Å². The summed E-state index contributed by atoms with van der Waals surface area (Å²) in [4.78, 5) is 4.58. The van der Waals surface area contributed by atoms with Gasteiger partial charge in [0.15, 0.2) is 0 Å². The van der Waals surface area contributed by atoms with E-state index in [1.165, 1.54) is 18.4 Å². The number of thiazole rings is 1. The molecule has 11 heteroatoms. The van der Waals surface area contributed by atoms with Gasteiger partial charge in [-0.1, -0.05) is 31.2 Å². The number of hydrogen-bond acceptors (Lipinski definition) is 7. The van der Waals surface area contributed by atoms with E-state index in [1.54, 1.807) is 48.5 Å². The predicted molar refractivity (Wildman–Crippen MR) is 126 cm³/mol. The van der Waals surface area contributed by atoms with Crippen LogP contribution in [0.25, 0.3) is 0 Å². The van der Waals surface area contributed by atoms with Crippen molar-refractivity contribution < 1.29 is 21.9 Å². The second-order valence-electron chi connectivity index (χ2n) is 7.04. The van der Waals surface area contributed by atoms with Crippen LogP contribution in [0.3, 0.4) is 0 Å². The van der Waals surface area contributed by atoms with Crippen molar-refractivity contribution >= 4 is 38.3 Å². The number of anilines is 1. The van der Waals surface area contributed by atoms with Gasteiger partial charge in [-0.05, 0) is 48.2 Å². The summed E-state index contributed by atoms with van der Waals surface area (Å²) in [7, 11) is -2.15. The Kier molecular flexibility index (Phi) is 8.38. The number of aryl methyl sites for hydroxylation is 1. The molecule has 0 radical (unpaired) electrons. The highest BCUT2D eigenvalue weighted by Gasteiger charge is 2.23. The number of hydrogen-bond donors (Lipinski definition) is 2. The molecule has 0 fully saturated rings. The number of aromatic nitrogens is 1. The molecule has 0 aliphatic carbocycles. The third-order valence-electron chi connectivity index (χ3n) is 4.64. The Labute approximate surface area is 194 Å². The monoisotopic (exact) mass is 494 g/mol. The van der Waals surface area contributed by atoms with E-state index in [4.69, 9.17) is 4.74 Å². The minimum Gasteiger partial charge on any atom is -0.755 e. The zero-order valence-electron chi connectivity index (χ0n) is 17.6. The highest BCUT2D eigenvalue weighted by atomic mass is 32.2. The topological polar surface area (TPSA) is 120 Å². The first kappa shape index (κ1) is 24.3. The largest absolute Gasteiger partial charge is 0.755 e. The molecular weight excluding hydrogens is 470 g/mol. The number of sulfonamides is 1. The summed E-state index contributed by atoms with van der Waals surface area (Å²) in [5.41, 5.74) is 2.54. The van der Waals surface area contributed by atoms with Crippen LogP contribution in [0.4, 0.5) is 5.69 Å². The minimum absolute atomic E-state index is 0.191. The first-order valence-corrected chi connectivity index (χ1v) is 13.4. The Hall–Kier alpha value is -2.31. The fourth-order valence-corrected chi connectivity index (χ4v) is 5.60. The molecule has 1 heterocycles. The molecule has 2 N–H and O–H groups in total. The molecule has 0 aliphatic heterocycles. The molecule has 2 atom stereocenters. The fraction of sp³-hybridized carbons (Fsp3) is 0.286. The lowest BCUT2D eigenvalue weighted by Crippen LogP contribution is -2.31. The molecule has 8 nitrogen and oxygen atoms in total. The van der Waals surface area contributed by atoms with Crippen molar-refractivity contribution in [2.45, 2.75) is 31.6 Å². The molecule has 1 aromatic heterocycles. The lowest BCUT2D eigenvalue weighted by atomic mass is 10.0. The average molecular weight is 495 g/mol. The van der Waals surface area contributed by atoms with E-state index in [2.05, 4.69) is 14.4 Å². The van der Waals surface area contributed by atoms with E-state index in [0.29, 0.717) is 29.1 Å². The summed E-state index contributed by atoms with van der Waals surface area (Å²) in [6, 6.07) is 13.1. The SMILES string of the molecule is CCc1nc([C@H](Cc2ccc(NS(=O)[O-])cc2)NS(=O)(=O)Cc2cccc(OC)c2)cs1. The Bertz CT molecular complexity index is 1160. The second kappa shape index (κ2) is 11.0. The summed E-state index contributed by atoms with van der Waals surface area (Å²) in [6.45, 7) is 2.00. The van der Waals surface area contributed by atoms with E-state index in [-0.39, 0.29) is 5.75 Å². The molecule has 3 rings (SSSR count). The van der Waals surface area contributed by atoms with Gasteiger partial charge in [-0.15, -0.1) is 11.3 Å². The van der Waals surface area contributed by atoms with E-state index in [0.717, 1.165) is 17.0 Å². The molecule has 0 aliphatic rings. The molecule has 0 saturated heterocycles. The van der Waals surface area contributed by atoms with Crippen LogP contribution in [-0.4, -0.2) is 29.3 Å². The zero-order chi connectivity index (χ0) is 23.1. The Morgan fingerprint density at radius 1 is 1.19 bits per heavy atom. The summed E-state index contributed by atoms with van der Waals surface area (Å²) in [5.74, 6) is 0.401. The average Bonchev–Trinajstić information content (AvgIpc) is 3.23. The third kappa shape index (κ3) is 7.10. The lowest BCUT2D eigenvalue weighted by molar-refractivity contribution is 0.414. The molecule has 2 aromatic carbocycles. The highest BCUT2D eigenvalue weighted by Crippen LogP contribution is 2.24. The quantitative estimate of drug-likeness (QED) is 0.395. The fourth-order valence-electron chi connectivity index (χ4n) is 3.14. The molecule has 0 spiro atoms. The van der Waals surface area contributed by atoms with Gasteiger partial charge in [-0.3, -0.25) is 4.21 Å². The Morgan fingerprint density at radius 3 is 2.56 bits per heavy atom. The van der Waals surface area contributed by atoms with Crippen molar-refractivity contribution in [1.29, 1.82) is 0 Å². The van der Waals surface area contributed by atoms with Crippen molar-refractivity contribution in [1.82, 2.24) is 9.71 Å². The van der Waals surface area contributed by atoms with E-state index >= 15 is 0 Å². The maximum atomic E-state index is 13.0. The first-order chi connectivity index (χ1) is 15.3. The van der Waals surface area contributed by atoms with E-state index in [1.807, 2.05) is 12.3 Å². The number of nitrogens with one attached hydrogen (secondary N) is 2. The molecule has 0 bridgehead atoms. The predicted octanol–water partition coefficient (Wildman–Crippen LogP) is 3.32. The van der Waals surface area contributed by atoms with Crippen molar-refractivity contribution in [3.8, 4) is 5.75 Å². The van der Waals surface area contributed by atoms with Gasteiger partial charge >= 0.3 is 0 Å². The van der Waals surface area contributed by atoms with Gasteiger partial charge in [0.2, 0.25) is 10.0 Å². The number of methoxy groups -OCH3 is 1. The smallest absolute Gasteiger partial charge is 0.216 e. The van der Waals surface area contributed by atoms with Crippen LogP contribution in [0.15, 0.2) is 53.9 Å². The van der Waals surface area contributed by atoms with Crippen LogP contribution < -0.4 is 14.2 Å². The van der Waals surface area contributed by atoms with Crippen LogP contribution in [0.1, 0.15) is 34.8 Å². The number of nitrogens with zero attached hydrogens (tertiary/aromatic N) is 1. The molecule has 1 unspecified atom stereocenters. The number of benzene rings is 2. The van der Waals surface area contributed by atoms with Gasteiger partial charge in [0.25, 0.3) is 0 Å². The number of rotatable bonds is 11. The number of ether oxygens (including phenoxy) is 1. The van der Waals surface area contributed by atoms with Crippen molar-refractivity contribution in [2.75, 3.05) is 11.8 Å². The maximum absolute atomic E-state index is 13.0. The van der Waals surface area contributed by atoms with Gasteiger partial charge in [-0.25, -0.2) is 18.1 Å². The molecule has 0 saturated carbocycles. The Morgan fingerprint density at radius 2 is 1.94 bits per heavy atom. The summed E-state index contributed by atoms with van der Waals surface area (Å²) < 4.78 is 57.8. The minimum atomic E-state index is -3.68. The summed E-state index contributed by atoms with van der Waals surface area (Å²) in [5, 5.41) is 2.79. The van der Waals surface area contributed by atoms with Crippen LogP contribution in [0.2, 0.25) is 0 Å². The molecule has 3 aromatic rings. The third-order valence-corrected chi connectivity index (χ3v) is 7.41. The standard InChI is InChI=1S/C21H25N3O5S3/c1-3-21-22-20(13-30-21)19(12-15-7-9-17(10-8-15)23-31(25)26)24-32(27,28)14-16-5-4-6-18(11-16)29-2/h4-11,13,19,23-24H,3,12,14H2,1-2H3,(H,25,26)/p-1/t19-/m0/s1. The molecular formula is C21H24N3O5S3-. The van der Waals surface area contributed by atoms with Crippen LogP contribution >= 0.6 is 11.3 Å². The van der Waals surface area contributed by atoms with Gasteiger partial charge in [-0.2, -0.15) is 0 Å². The molecule has 0 amide bonds. The van der Waals surface area contributed by atoms with Crippen molar-refractivity contribution in [3.05, 3.63) is 75.7 Å². The van der Waals surface area contributed by atoms with E-state index < -0.39 is 27.3 Å². The maximum Gasteiger partial charge on any atom is 0.216 e. The zero-order valence-corrected chi connectivity index (χ0v) is 20.1. The molecule has 32 heavy (non-hydrogen) atoms. The second-order valence-corrected chi connectivity index (χ2v) is 10.4. The summed E-state index contributed by atoms with van der Waals surface area (Å²) >= 11 is -0.915. The van der Waals surface area contributed by atoms with Crippen molar-refractivity contribution in [2.24, 2.45) is 0 Å². The van der Waals surface area contributed by atoms with E-state index in [9.17, 15) is 17.2 Å². The van der Waals surface area contributed by atoms with Gasteiger partial charge in [0.1, 0.15) is 5.75 Å². The van der Waals surface area contributed by atoms with Gasteiger partial charge in [0.05, 0.1) is 29.6 Å². The normalized spacial score (nSPS) is 13.5. The van der Waals surface area contributed by atoms with Gasteiger partial charge in [0, 0.05) is 22.3 Å². The molecule has 172 valence electrons. The van der Waals surface area contributed by atoms with Crippen LogP contribution in [0, 0.1) is 0 Å². The lowest BCUT2D eigenvalue weighted by Gasteiger charge is -2.18. The Balaban J connectivity index is 1.81.